The van der Waals surface area contributed by atoms with Crippen LogP contribution in [0.4, 0.5) is 5.69 Å². The van der Waals surface area contributed by atoms with Gasteiger partial charge in [-0.2, -0.15) is 5.10 Å². The van der Waals surface area contributed by atoms with Crippen molar-refractivity contribution in [1.82, 2.24) is 5.43 Å². The van der Waals surface area contributed by atoms with Gasteiger partial charge in [0.15, 0.2) is 0 Å². The Morgan fingerprint density at radius 2 is 1.90 bits per heavy atom. The molecule has 0 saturated heterocycles. The Bertz CT molecular complexity index is 559. The van der Waals surface area contributed by atoms with Crippen molar-refractivity contribution >= 4 is 23.1 Å². The Balaban J connectivity index is 2.03. The topological polar surface area (TPSA) is 84.5 Å². The van der Waals surface area contributed by atoms with Gasteiger partial charge in [0.25, 0.3) is 5.91 Å². The highest BCUT2D eigenvalue weighted by Crippen LogP contribution is 2.31. The number of hydrogen-bond donors (Lipinski definition) is 2. The van der Waals surface area contributed by atoms with E-state index in [1.165, 1.54) is 0 Å². The molecule has 0 aromatic heterocycles. The third-order valence-electron chi connectivity index (χ3n) is 3.25. The van der Waals surface area contributed by atoms with E-state index in [9.17, 15) is 9.59 Å². The lowest BCUT2D eigenvalue weighted by Gasteiger charge is -2.28. The number of nitrogens with one attached hydrogen (secondary N) is 1. The smallest absolute Gasteiger partial charge is 0.271 e. The maximum atomic E-state index is 11.9. The van der Waals surface area contributed by atoms with Crippen LogP contribution in [0.1, 0.15) is 43.5 Å². The summed E-state index contributed by atoms with van der Waals surface area (Å²) in [5.74, 6) is -0.130. The molecule has 0 spiro atoms. The molecule has 1 aromatic rings. The number of carbonyl (C=O) groups excluding carboxylic acids is 2. The van der Waals surface area contributed by atoms with Crippen LogP contribution in [0.15, 0.2) is 29.4 Å². The minimum atomic E-state index is -0.298. The van der Waals surface area contributed by atoms with Crippen molar-refractivity contribution in [3.8, 4) is 0 Å². The number of anilines is 1. The summed E-state index contributed by atoms with van der Waals surface area (Å²) in [6.45, 7) is 4.06. The van der Waals surface area contributed by atoms with Crippen LogP contribution in [0.3, 0.4) is 0 Å². The van der Waals surface area contributed by atoms with E-state index in [2.05, 4.69) is 10.5 Å². The number of hydrogen-bond acceptors (Lipinski definition) is 4. The number of nitrogens with two attached hydrogens (primary N) is 1. The molecule has 0 atom stereocenters. The first-order chi connectivity index (χ1) is 9.35. The van der Waals surface area contributed by atoms with Crippen LogP contribution >= 0.6 is 0 Å². The van der Waals surface area contributed by atoms with E-state index in [4.69, 9.17) is 5.73 Å². The van der Waals surface area contributed by atoms with Gasteiger partial charge in [-0.15, -0.1) is 0 Å². The third kappa shape index (κ3) is 3.66. The van der Waals surface area contributed by atoms with Crippen molar-refractivity contribution in [3.05, 3.63) is 29.8 Å². The van der Waals surface area contributed by atoms with Crippen molar-refractivity contribution in [2.75, 3.05) is 5.73 Å². The third-order valence-corrected chi connectivity index (χ3v) is 3.25. The zero-order chi connectivity index (χ0) is 14.8. The van der Waals surface area contributed by atoms with Crippen LogP contribution in [0.5, 0.6) is 0 Å². The van der Waals surface area contributed by atoms with Crippen LogP contribution in [-0.2, 0) is 4.79 Å². The molecule has 5 nitrogen and oxygen atoms in total. The number of hydrazone groups is 1. The van der Waals surface area contributed by atoms with Gasteiger partial charge in [0.2, 0.25) is 0 Å². The molecule has 1 aromatic carbocycles. The molecule has 3 N–H and O–H groups in total. The predicted octanol–water partition coefficient (Wildman–Crippen LogP) is 2.13. The Kier molecular flexibility index (Phi) is 3.88. The van der Waals surface area contributed by atoms with Gasteiger partial charge in [0, 0.05) is 29.8 Å². The summed E-state index contributed by atoms with van der Waals surface area (Å²) >= 11 is 0. The molecule has 0 radical (unpaired) electrons. The lowest BCUT2D eigenvalue weighted by Crippen LogP contribution is -2.31. The average molecular weight is 273 g/mol. The zero-order valence-corrected chi connectivity index (χ0v) is 11.8. The molecule has 2 rings (SSSR count). The molecule has 5 heteroatoms. The normalized spacial score (nSPS) is 19.9. The van der Waals surface area contributed by atoms with Crippen molar-refractivity contribution in [3.63, 3.8) is 0 Å². The van der Waals surface area contributed by atoms with E-state index in [0.717, 1.165) is 12.1 Å². The summed E-state index contributed by atoms with van der Waals surface area (Å²) in [6.07, 6.45) is 1.62. The van der Waals surface area contributed by atoms with E-state index in [-0.39, 0.29) is 17.1 Å². The number of rotatable bonds is 2. The van der Waals surface area contributed by atoms with Crippen molar-refractivity contribution in [1.29, 1.82) is 0 Å². The number of Topliss-reactive ketones (excluding diaryl/α,β-unsaturated/α-hetero) is 1. The summed E-state index contributed by atoms with van der Waals surface area (Å²) in [5, 5.41) is 4.09. The Morgan fingerprint density at radius 3 is 2.50 bits per heavy atom. The van der Waals surface area contributed by atoms with Gasteiger partial charge in [-0.3, -0.25) is 9.59 Å². The maximum Gasteiger partial charge on any atom is 0.271 e. The number of nitrogen functional groups attached to an aromatic ring is 1. The molecule has 0 aliphatic heterocycles. The molecular formula is C15H19N3O2. The van der Waals surface area contributed by atoms with E-state index in [1.807, 2.05) is 13.8 Å². The number of benzene rings is 1. The van der Waals surface area contributed by atoms with Crippen LogP contribution in [-0.4, -0.2) is 17.4 Å². The molecular weight excluding hydrogens is 254 g/mol. The van der Waals surface area contributed by atoms with Gasteiger partial charge in [-0.25, -0.2) is 5.43 Å². The van der Waals surface area contributed by atoms with Crippen molar-refractivity contribution in [2.45, 2.75) is 33.1 Å². The second kappa shape index (κ2) is 5.45. The average Bonchev–Trinajstić information content (AvgIpc) is 2.34. The first-order valence-electron chi connectivity index (χ1n) is 6.59. The second-order valence-corrected chi connectivity index (χ2v) is 5.97. The fourth-order valence-electron chi connectivity index (χ4n) is 2.41. The van der Waals surface area contributed by atoms with E-state index < -0.39 is 0 Å². The van der Waals surface area contributed by atoms with Crippen molar-refractivity contribution in [2.24, 2.45) is 10.5 Å². The van der Waals surface area contributed by atoms with Gasteiger partial charge in [-0.05, 0) is 36.1 Å². The van der Waals surface area contributed by atoms with Crippen LogP contribution in [0.25, 0.3) is 0 Å². The van der Waals surface area contributed by atoms with Gasteiger partial charge >= 0.3 is 0 Å². The Labute approximate surface area is 118 Å². The molecule has 1 fully saturated rings. The summed E-state index contributed by atoms with van der Waals surface area (Å²) < 4.78 is 0. The highest BCUT2D eigenvalue weighted by atomic mass is 16.2. The molecule has 0 unspecified atom stereocenters. The van der Waals surface area contributed by atoms with Gasteiger partial charge < -0.3 is 5.73 Å². The van der Waals surface area contributed by atoms with Crippen LogP contribution < -0.4 is 11.2 Å². The monoisotopic (exact) mass is 273 g/mol. The molecule has 1 saturated carbocycles. The molecule has 1 aliphatic carbocycles. The largest absolute Gasteiger partial charge is 0.399 e. The second-order valence-electron chi connectivity index (χ2n) is 5.97. The van der Waals surface area contributed by atoms with Gasteiger partial charge in [-0.1, -0.05) is 13.8 Å². The minimum Gasteiger partial charge on any atom is -0.399 e. The molecule has 20 heavy (non-hydrogen) atoms. The maximum absolute atomic E-state index is 11.9. The van der Waals surface area contributed by atoms with E-state index in [0.29, 0.717) is 24.1 Å². The van der Waals surface area contributed by atoms with Crippen molar-refractivity contribution < 1.29 is 9.59 Å². The predicted molar refractivity (Wildman–Crippen MR) is 78.4 cm³/mol. The summed E-state index contributed by atoms with van der Waals surface area (Å²) in [5.41, 5.74) is 9.81. The fourth-order valence-corrected chi connectivity index (χ4v) is 2.41. The number of amides is 1. The Hall–Kier alpha value is -2.17. The minimum absolute atomic E-state index is 0.0832. The number of ketones is 1. The molecule has 0 heterocycles. The van der Waals surface area contributed by atoms with E-state index >= 15 is 0 Å². The van der Waals surface area contributed by atoms with Gasteiger partial charge in [0.05, 0.1) is 0 Å². The molecule has 106 valence electrons. The Morgan fingerprint density at radius 1 is 1.25 bits per heavy atom. The quantitative estimate of drug-likeness (QED) is 0.639. The summed E-state index contributed by atoms with van der Waals surface area (Å²) in [6, 6.07) is 6.60. The summed E-state index contributed by atoms with van der Waals surface area (Å²) in [4.78, 5) is 23.5. The first kappa shape index (κ1) is 14.2. The molecule has 1 aliphatic rings. The highest BCUT2D eigenvalue weighted by molar-refractivity contribution is 6.05. The van der Waals surface area contributed by atoms with Gasteiger partial charge in [0.1, 0.15) is 5.78 Å². The highest BCUT2D eigenvalue weighted by Gasteiger charge is 2.30. The lowest BCUT2D eigenvalue weighted by molar-refractivity contribution is -0.120. The SMILES string of the molecule is CC1(C)CC(=O)CC(=NNC(=O)c2ccc(N)cc2)C1. The van der Waals surface area contributed by atoms with E-state index in [1.54, 1.807) is 24.3 Å². The zero-order valence-electron chi connectivity index (χ0n) is 11.8. The van der Waals surface area contributed by atoms with Crippen LogP contribution in [0.2, 0.25) is 0 Å². The summed E-state index contributed by atoms with van der Waals surface area (Å²) in [7, 11) is 0. The first-order valence-corrected chi connectivity index (χ1v) is 6.59. The molecule has 0 bridgehead atoms. The fraction of sp³-hybridized carbons (Fsp3) is 0.400. The molecule has 1 amide bonds. The lowest BCUT2D eigenvalue weighted by atomic mass is 9.76. The number of nitrogens with zero attached hydrogens (tertiary/aromatic N) is 1. The van der Waals surface area contributed by atoms with Crippen LogP contribution in [0, 0.1) is 5.41 Å². The standard InChI is InChI=1S/C15H19N3O2/c1-15(2)8-12(7-13(19)9-15)17-18-14(20)10-3-5-11(16)6-4-10/h3-6H,7-9,16H2,1-2H3,(H,18,20). The number of carbonyl (C=O) groups is 2.